The smallest absolute Gasteiger partial charge is 0.303 e. The number of rotatable bonds is 6. The van der Waals surface area contributed by atoms with Crippen LogP contribution in [0.5, 0.6) is 5.75 Å². The molecule has 1 heterocycles. The van der Waals surface area contributed by atoms with E-state index in [1.54, 1.807) is 12.1 Å². The van der Waals surface area contributed by atoms with Gasteiger partial charge in [0.15, 0.2) is 0 Å². The highest BCUT2D eigenvalue weighted by molar-refractivity contribution is 7.89. The number of hydrogen-bond acceptors (Lipinski definition) is 4. The van der Waals surface area contributed by atoms with Crippen LogP contribution in [0.2, 0.25) is 0 Å². The third-order valence-corrected chi connectivity index (χ3v) is 5.71. The van der Waals surface area contributed by atoms with E-state index in [9.17, 15) is 13.2 Å². The molecule has 0 atom stereocenters. The van der Waals surface area contributed by atoms with E-state index in [4.69, 9.17) is 9.84 Å². The average molecular weight is 327 g/mol. The van der Waals surface area contributed by atoms with Crippen molar-refractivity contribution in [3.63, 3.8) is 0 Å². The summed E-state index contributed by atoms with van der Waals surface area (Å²) in [6.07, 6.45) is 3.03. The fraction of sp³-hybridized carbons (Fsp3) is 0.533. The van der Waals surface area contributed by atoms with E-state index in [-0.39, 0.29) is 11.3 Å². The molecule has 1 aliphatic rings. The lowest BCUT2D eigenvalue weighted by molar-refractivity contribution is -0.136. The first kappa shape index (κ1) is 16.8. The molecule has 1 aromatic carbocycles. The van der Waals surface area contributed by atoms with E-state index in [0.717, 1.165) is 19.3 Å². The predicted molar refractivity (Wildman–Crippen MR) is 81.6 cm³/mol. The molecule has 1 N–H and O–H groups in total. The van der Waals surface area contributed by atoms with Gasteiger partial charge in [0.05, 0.1) is 7.11 Å². The molecule has 0 spiro atoms. The summed E-state index contributed by atoms with van der Waals surface area (Å²) in [6, 6.07) is 4.83. The van der Waals surface area contributed by atoms with E-state index in [1.807, 2.05) is 0 Å². The Bertz CT molecular complexity index is 635. The highest BCUT2D eigenvalue weighted by atomic mass is 32.2. The maximum absolute atomic E-state index is 12.8. The van der Waals surface area contributed by atoms with Gasteiger partial charge in [0.25, 0.3) is 0 Å². The molecule has 0 saturated carbocycles. The van der Waals surface area contributed by atoms with Crippen LogP contribution >= 0.6 is 0 Å². The molecule has 0 bridgehead atoms. The van der Waals surface area contributed by atoms with Gasteiger partial charge in [-0.25, -0.2) is 8.42 Å². The van der Waals surface area contributed by atoms with Gasteiger partial charge >= 0.3 is 5.97 Å². The minimum atomic E-state index is -3.60. The van der Waals surface area contributed by atoms with E-state index in [0.29, 0.717) is 30.8 Å². The van der Waals surface area contributed by atoms with Crippen LogP contribution in [0.15, 0.2) is 23.1 Å². The third-order valence-electron chi connectivity index (χ3n) is 3.79. The number of aliphatic carboxylic acids is 1. The number of carboxylic acids is 1. The molecule has 0 aliphatic carbocycles. The number of carboxylic acid groups (broad SMARTS) is 1. The monoisotopic (exact) mass is 327 g/mol. The zero-order chi connectivity index (χ0) is 16.2. The van der Waals surface area contributed by atoms with Crippen LogP contribution in [0.3, 0.4) is 0 Å². The summed E-state index contributed by atoms with van der Waals surface area (Å²) >= 11 is 0. The topological polar surface area (TPSA) is 83.9 Å². The van der Waals surface area contributed by atoms with Gasteiger partial charge in [-0.15, -0.1) is 0 Å². The summed E-state index contributed by atoms with van der Waals surface area (Å²) in [5, 5.41) is 8.76. The molecule has 2 rings (SSSR count). The summed E-state index contributed by atoms with van der Waals surface area (Å²) in [5.74, 6) is -0.610. The van der Waals surface area contributed by atoms with Crippen LogP contribution in [-0.2, 0) is 21.2 Å². The quantitative estimate of drug-likeness (QED) is 0.862. The molecule has 1 aliphatic heterocycles. The largest absolute Gasteiger partial charge is 0.495 e. The van der Waals surface area contributed by atoms with E-state index >= 15 is 0 Å². The van der Waals surface area contributed by atoms with Gasteiger partial charge in [-0.1, -0.05) is 12.5 Å². The molecule has 7 heteroatoms. The standard InChI is InChI=1S/C15H21NO5S/c1-21-13-7-5-12(6-8-15(17)18)11-14(13)22(19,20)16-9-3-2-4-10-16/h5,7,11H,2-4,6,8-10H2,1H3,(H,17,18). The van der Waals surface area contributed by atoms with Crippen molar-refractivity contribution in [2.45, 2.75) is 37.0 Å². The summed E-state index contributed by atoms with van der Waals surface area (Å²) < 4.78 is 32.2. The van der Waals surface area contributed by atoms with Gasteiger partial charge in [-0.2, -0.15) is 4.31 Å². The molecule has 6 nitrogen and oxygen atoms in total. The number of ether oxygens (including phenoxy) is 1. The Kier molecular flexibility index (Phi) is 5.42. The lowest BCUT2D eigenvalue weighted by atomic mass is 10.1. The molecule has 122 valence electrons. The Morgan fingerprint density at radius 2 is 1.95 bits per heavy atom. The van der Waals surface area contributed by atoms with Crippen molar-refractivity contribution >= 4 is 16.0 Å². The molecule has 0 radical (unpaired) electrons. The van der Waals surface area contributed by atoms with Gasteiger partial charge < -0.3 is 9.84 Å². The predicted octanol–water partition coefficient (Wildman–Crippen LogP) is 1.89. The number of sulfonamides is 1. The lowest BCUT2D eigenvalue weighted by Crippen LogP contribution is -2.35. The van der Waals surface area contributed by atoms with E-state index in [2.05, 4.69) is 0 Å². The van der Waals surface area contributed by atoms with E-state index in [1.165, 1.54) is 17.5 Å². The lowest BCUT2D eigenvalue weighted by Gasteiger charge is -2.26. The fourth-order valence-corrected chi connectivity index (χ4v) is 4.30. The Balaban J connectivity index is 2.33. The van der Waals surface area contributed by atoms with Crippen molar-refractivity contribution in [3.8, 4) is 5.75 Å². The van der Waals surface area contributed by atoms with Crippen molar-refractivity contribution in [1.82, 2.24) is 4.31 Å². The molecule has 1 fully saturated rings. The maximum Gasteiger partial charge on any atom is 0.303 e. The van der Waals surface area contributed by atoms with Crippen molar-refractivity contribution in [1.29, 1.82) is 0 Å². The number of carbonyl (C=O) groups is 1. The van der Waals surface area contributed by atoms with Crippen molar-refractivity contribution in [2.75, 3.05) is 20.2 Å². The second-order valence-corrected chi connectivity index (χ2v) is 7.25. The summed E-state index contributed by atoms with van der Waals surface area (Å²) in [4.78, 5) is 10.8. The fourth-order valence-electron chi connectivity index (χ4n) is 2.57. The Morgan fingerprint density at radius 3 is 2.55 bits per heavy atom. The van der Waals surface area contributed by atoms with Gasteiger partial charge in [0, 0.05) is 19.5 Å². The number of hydrogen-bond donors (Lipinski definition) is 1. The van der Waals surface area contributed by atoms with Crippen molar-refractivity contribution in [3.05, 3.63) is 23.8 Å². The maximum atomic E-state index is 12.8. The summed E-state index contributed by atoms with van der Waals surface area (Å²) in [7, 11) is -2.17. The van der Waals surface area contributed by atoms with Crippen LogP contribution in [-0.4, -0.2) is 44.0 Å². The third kappa shape index (κ3) is 3.78. The first-order chi connectivity index (χ1) is 10.4. The SMILES string of the molecule is COc1ccc(CCC(=O)O)cc1S(=O)(=O)N1CCCCC1. The van der Waals surface area contributed by atoms with Crippen molar-refractivity contribution < 1.29 is 23.1 Å². The molecule has 1 saturated heterocycles. The minimum Gasteiger partial charge on any atom is -0.495 e. The highest BCUT2D eigenvalue weighted by Gasteiger charge is 2.29. The Labute approximate surface area is 130 Å². The normalized spacial score (nSPS) is 16.4. The molecule has 22 heavy (non-hydrogen) atoms. The molecule has 1 aromatic rings. The van der Waals surface area contributed by atoms with Crippen molar-refractivity contribution in [2.24, 2.45) is 0 Å². The number of benzene rings is 1. The van der Waals surface area contributed by atoms with Crippen LogP contribution in [0.1, 0.15) is 31.2 Å². The first-order valence-corrected chi connectivity index (χ1v) is 8.78. The van der Waals surface area contributed by atoms with Gasteiger partial charge in [-0.05, 0) is 37.0 Å². The average Bonchev–Trinajstić information content (AvgIpc) is 2.53. The molecular formula is C15H21NO5S. The van der Waals surface area contributed by atoms with Crippen LogP contribution < -0.4 is 4.74 Å². The molecule has 0 amide bonds. The van der Waals surface area contributed by atoms with Gasteiger partial charge in [0.2, 0.25) is 10.0 Å². The first-order valence-electron chi connectivity index (χ1n) is 7.34. The zero-order valence-corrected chi connectivity index (χ0v) is 13.4. The highest BCUT2D eigenvalue weighted by Crippen LogP contribution is 2.29. The van der Waals surface area contributed by atoms with Gasteiger partial charge in [0.1, 0.15) is 10.6 Å². The number of nitrogens with zero attached hydrogens (tertiary/aromatic N) is 1. The Hall–Kier alpha value is -1.60. The summed E-state index contributed by atoms with van der Waals surface area (Å²) in [6.45, 7) is 1.04. The van der Waals surface area contributed by atoms with E-state index < -0.39 is 16.0 Å². The molecule has 0 unspecified atom stereocenters. The van der Waals surface area contributed by atoms with Gasteiger partial charge in [-0.3, -0.25) is 4.79 Å². The Morgan fingerprint density at radius 1 is 1.27 bits per heavy atom. The van der Waals surface area contributed by atoms with Crippen LogP contribution in [0.4, 0.5) is 0 Å². The minimum absolute atomic E-state index is 0.0322. The number of piperidine rings is 1. The summed E-state index contributed by atoms with van der Waals surface area (Å²) in [5.41, 5.74) is 0.679. The molecule has 0 aromatic heterocycles. The zero-order valence-electron chi connectivity index (χ0n) is 12.6. The van der Waals surface area contributed by atoms with Crippen LogP contribution in [0.25, 0.3) is 0 Å². The number of methoxy groups -OCH3 is 1. The molecular weight excluding hydrogens is 306 g/mol. The number of aryl methyl sites for hydroxylation is 1. The van der Waals surface area contributed by atoms with Crippen LogP contribution in [0, 0.1) is 0 Å². The second kappa shape index (κ2) is 7.11. The second-order valence-electron chi connectivity index (χ2n) is 5.34.